The van der Waals surface area contributed by atoms with Crippen LogP contribution in [0.5, 0.6) is 0 Å². The van der Waals surface area contributed by atoms with Gasteiger partial charge in [-0.25, -0.2) is 0 Å². The molecule has 0 spiro atoms. The van der Waals surface area contributed by atoms with Crippen molar-refractivity contribution < 1.29 is 4.79 Å². The second kappa shape index (κ2) is 10.2. The number of carbonyl (C=O) groups is 1. The van der Waals surface area contributed by atoms with Crippen molar-refractivity contribution in [2.24, 2.45) is 15.7 Å². The molecule has 0 unspecified atom stereocenters. The number of rotatable bonds is 4. The molecule has 0 radical (unpaired) electrons. The molecule has 0 fully saturated rings. The lowest BCUT2D eigenvalue weighted by molar-refractivity contribution is -0.117. The number of amides is 1. The van der Waals surface area contributed by atoms with Crippen LogP contribution >= 0.6 is 12.6 Å². The summed E-state index contributed by atoms with van der Waals surface area (Å²) in [6.45, 7) is 6.98. The number of amidine groups is 1. The van der Waals surface area contributed by atoms with Crippen LogP contribution in [0.4, 0.5) is 0 Å². The average molecular weight is 244 g/mol. The van der Waals surface area contributed by atoms with Crippen molar-refractivity contribution >= 4 is 31.1 Å². The Morgan fingerprint density at radius 3 is 2.31 bits per heavy atom. The molecule has 0 aromatic rings. The van der Waals surface area contributed by atoms with E-state index in [1.54, 1.807) is 6.26 Å². The third-order valence-corrected chi connectivity index (χ3v) is 1.40. The fraction of sp³-hybridized carbons (Fsp3) is 0.500. The smallest absolute Gasteiger partial charge is 0.256 e. The molecule has 0 aliphatic rings. The SMILES string of the molecule is C=N/C=C(/C(=O)NC(C)C)C(N)=NC.CS. The first-order chi connectivity index (χ1) is 7.52. The van der Waals surface area contributed by atoms with Crippen LogP contribution in [0.25, 0.3) is 0 Å². The van der Waals surface area contributed by atoms with Crippen LogP contribution < -0.4 is 11.1 Å². The lowest BCUT2D eigenvalue weighted by Gasteiger charge is -2.09. The molecule has 0 rings (SSSR count). The van der Waals surface area contributed by atoms with Crippen molar-refractivity contribution in [1.82, 2.24) is 5.32 Å². The molecular weight excluding hydrogens is 224 g/mol. The van der Waals surface area contributed by atoms with Gasteiger partial charge in [-0.15, -0.1) is 0 Å². The Bertz CT molecular complexity index is 285. The van der Waals surface area contributed by atoms with E-state index in [1.807, 2.05) is 13.8 Å². The predicted octanol–water partition coefficient (Wildman–Crippen LogP) is 0.629. The molecule has 16 heavy (non-hydrogen) atoms. The van der Waals surface area contributed by atoms with Crippen LogP contribution in [0.1, 0.15) is 13.8 Å². The number of carbonyl (C=O) groups excluding carboxylic acids is 1. The second-order valence-electron chi connectivity index (χ2n) is 2.96. The second-order valence-corrected chi connectivity index (χ2v) is 2.96. The first kappa shape index (κ1) is 17.1. The van der Waals surface area contributed by atoms with Gasteiger partial charge >= 0.3 is 0 Å². The maximum Gasteiger partial charge on any atom is 0.256 e. The Labute approximate surface area is 102 Å². The Morgan fingerprint density at radius 2 is 2.00 bits per heavy atom. The Morgan fingerprint density at radius 1 is 1.50 bits per heavy atom. The van der Waals surface area contributed by atoms with Gasteiger partial charge < -0.3 is 11.1 Å². The van der Waals surface area contributed by atoms with Crippen molar-refractivity contribution in [3.8, 4) is 0 Å². The molecule has 0 atom stereocenters. The molecular formula is C10H20N4OS. The normalized spacial score (nSPS) is 11.6. The van der Waals surface area contributed by atoms with Crippen LogP contribution in [-0.2, 0) is 4.79 Å². The summed E-state index contributed by atoms with van der Waals surface area (Å²) in [6, 6.07) is 0.0420. The van der Waals surface area contributed by atoms with Crippen molar-refractivity contribution in [2.45, 2.75) is 19.9 Å². The van der Waals surface area contributed by atoms with E-state index in [1.165, 1.54) is 13.2 Å². The molecule has 6 heteroatoms. The van der Waals surface area contributed by atoms with Gasteiger partial charge in [0.1, 0.15) is 5.84 Å². The highest BCUT2D eigenvalue weighted by Gasteiger charge is 2.13. The van der Waals surface area contributed by atoms with Crippen molar-refractivity contribution in [2.75, 3.05) is 13.3 Å². The van der Waals surface area contributed by atoms with E-state index in [0.717, 1.165) is 0 Å². The largest absolute Gasteiger partial charge is 0.383 e. The van der Waals surface area contributed by atoms with E-state index in [2.05, 4.69) is 34.6 Å². The van der Waals surface area contributed by atoms with Crippen LogP contribution in [0.15, 0.2) is 21.8 Å². The van der Waals surface area contributed by atoms with Crippen LogP contribution in [-0.4, -0.2) is 37.8 Å². The number of thiol groups is 1. The van der Waals surface area contributed by atoms with Gasteiger partial charge in [-0.05, 0) is 26.8 Å². The fourth-order valence-electron chi connectivity index (χ4n) is 0.793. The number of nitrogens with two attached hydrogens (primary N) is 1. The van der Waals surface area contributed by atoms with E-state index >= 15 is 0 Å². The zero-order valence-corrected chi connectivity index (χ0v) is 11.1. The Hall–Kier alpha value is -1.30. The summed E-state index contributed by atoms with van der Waals surface area (Å²) >= 11 is 3.53. The summed E-state index contributed by atoms with van der Waals surface area (Å²) < 4.78 is 0. The monoisotopic (exact) mass is 244 g/mol. The molecule has 0 aromatic carbocycles. The van der Waals surface area contributed by atoms with Gasteiger partial charge in [0, 0.05) is 19.3 Å². The first-order valence-electron chi connectivity index (χ1n) is 4.67. The van der Waals surface area contributed by atoms with Gasteiger partial charge in [-0.3, -0.25) is 14.8 Å². The maximum atomic E-state index is 11.5. The molecule has 0 aliphatic carbocycles. The highest BCUT2D eigenvalue weighted by Crippen LogP contribution is 1.96. The predicted molar refractivity (Wildman–Crippen MR) is 73.4 cm³/mol. The maximum absolute atomic E-state index is 11.5. The van der Waals surface area contributed by atoms with Gasteiger partial charge in [0.15, 0.2) is 0 Å². The molecule has 5 nitrogen and oxygen atoms in total. The minimum Gasteiger partial charge on any atom is -0.383 e. The van der Waals surface area contributed by atoms with Crippen molar-refractivity contribution in [3.63, 3.8) is 0 Å². The summed E-state index contributed by atoms with van der Waals surface area (Å²) in [4.78, 5) is 18.7. The van der Waals surface area contributed by atoms with Gasteiger partial charge in [0.2, 0.25) is 0 Å². The van der Waals surface area contributed by atoms with Crippen LogP contribution in [0, 0.1) is 0 Å². The number of nitrogens with one attached hydrogen (secondary N) is 1. The van der Waals surface area contributed by atoms with E-state index in [0.29, 0.717) is 0 Å². The first-order valence-corrected chi connectivity index (χ1v) is 5.56. The van der Waals surface area contributed by atoms with E-state index in [-0.39, 0.29) is 23.4 Å². The lowest BCUT2D eigenvalue weighted by atomic mass is 10.2. The highest BCUT2D eigenvalue weighted by molar-refractivity contribution is 7.79. The Balaban J connectivity index is 0. The standard InChI is InChI=1S/C9H16N4O.CH4S/c1-6(2)13-9(14)7(5-11-3)8(10)12-4;1-2/h5-6H,3H2,1-2,4H3,(H2,10,12)(H,13,14);2H,1H3/b7-5+;. The molecule has 3 N–H and O–H groups in total. The summed E-state index contributed by atoms with van der Waals surface area (Å²) in [7, 11) is 1.51. The molecule has 0 aliphatic heterocycles. The summed E-state index contributed by atoms with van der Waals surface area (Å²) in [5, 5.41) is 2.69. The average Bonchev–Trinajstić information content (AvgIpc) is 2.26. The van der Waals surface area contributed by atoms with Crippen LogP contribution in [0.3, 0.4) is 0 Å². The third kappa shape index (κ3) is 7.05. The third-order valence-electron chi connectivity index (χ3n) is 1.40. The molecule has 0 heterocycles. The number of nitrogens with zero attached hydrogens (tertiary/aromatic N) is 2. The van der Waals surface area contributed by atoms with Gasteiger partial charge in [0.05, 0.1) is 5.57 Å². The zero-order chi connectivity index (χ0) is 13.1. The summed E-state index contributed by atoms with van der Waals surface area (Å²) in [6.07, 6.45) is 2.99. The van der Waals surface area contributed by atoms with E-state index < -0.39 is 0 Å². The van der Waals surface area contributed by atoms with Crippen LogP contribution in [0.2, 0.25) is 0 Å². The van der Waals surface area contributed by atoms with Gasteiger partial charge in [-0.1, -0.05) is 0 Å². The lowest BCUT2D eigenvalue weighted by Crippen LogP contribution is -2.35. The topological polar surface area (TPSA) is 79.8 Å². The van der Waals surface area contributed by atoms with Crippen molar-refractivity contribution in [3.05, 3.63) is 11.8 Å². The molecule has 0 saturated carbocycles. The summed E-state index contributed by atoms with van der Waals surface area (Å²) in [5.74, 6) is -0.147. The number of aliphatic imine (C=N–C) groups is 2. The van der Waals surface area contributed by atoms with Gasteiger partial charge in [-0.2, -0.15) is 12.6 Å². The number of hydrogen-bond donors (Lipinski definition) is 3. The Kier molecular flexibility index (Phi) is 10.9. The fourth-order valence-corrected chi connectivity index (χ4v) is 0.793. The minimum absolute atomic E-state index is 0.0420. The zero-order valence-electron chi connectivity index (χ0n) is 10.2. The summed E-state index contributed by atoms with van der Waals surface area (Å²) in [5.41, 5.74) is 5.75. The van der Waals surface area contributed by atoms with E-state index in [9.17, 15) is 4.79 Å². The number of hydrogen-bond acceptors (Lipinski definition) is 4. The molecule has 0 aromatic heterocycles. The van der Waals surface area contributed by atoms with E-state index in [4.69, 9.17) is 5.73 Å². The quantitative estimate of drug-likeness (QED) is 0.293. The van der Waals surface area contributed by atoms with Gasteiger partial charge in [0.25, 0.3) is 5.91 Å². The van der Waals surface area contributed by atoms with Crippen molar-refractivity contribution in [1.29, 1.82) is 0 Å². The highest BCUT2D eigenvalue weighted by atomic mass is 32.1. The molecule has 1 amide bonds. The minimum atomic E-state index is -0.296. The molecule has 92 valence electrons. The molecule has 0 saturated heterocycles. The molecule has 0 bridgehead atoms.